The van der Waals surface area contributed by atoms with Crippen molar-refractivity contribution < 1.29 is 4.79 Å². The van der Waals surface area contributed by atoms with E-state index in [4.69, 9.17) is 0 Å². The van der Waals surface area contributed by atoms with E-state index in [2.05, 4.69) is 15.0 Å². The van der Waals surface area contributed by atoms with Crippen LogP contribution in [0.1, 0.15) is 18.4 Å². The fraction of sp³-hybridized carbons (Fsp3) is 0.182. The number of likely N-dealkylation sites (N-methyl/N-ethyl adjacent to an activating group) is 1. The molecule has 2 aromatic carbocycles. The number of benzene rings is 2. The van der Waals surface area contributed by atoms with Crippen LogP contribution < -0.4 is 5.56 Å². The molecule has 2 aromatic heterocycles. The van der Waals surface area contributed by atoms with Crippen molar-refractivity contribution >= 4 is 28.1 Å². The fourth-order valence-corrected chi connectivity index (χ4v) is 3.96. The molecule has 1 amide bonds. The third-order valence-electron chi connectivity index (χ3n) is 4.64. The summed E-state index contributed by atoms with van der Waals surface area (Å²) in [5.41, 5.74) is 2.22. The van der Waals surface area contributed by atoms with E-state index in [1.165, 1.54) is 11.3 Å². The molecule has 0 bridgehead atoms. The van der Waals surface area contributed by atoms with E-state index in [0.29, 0.717) is 23.3 Å². The molecule has 0 unspecified atom stereocenters. The van der Waals surface area contributed by atoms with Crippen LogP contribution in [-0.4, -0.2) is 32.3 Å². The summed E-state index contributed by atoms with van der Waals surface area (Å²) in [6.07, 6.45) is 0.217. The SMILES string of the molecule is CCN(Cc1nc2ccccc2c(=O)[nH]1)C(=O)Cc1csc(-c2ccccc2)n1. The van der Waals surface area contributed by atoms with Crippen LogP contribution in [0.15, 0.2) is 64.8 Å². The summed E-state index contributed by atoms with van der Waals surface area (Å²) in [5.74, 6) is 0.431. The lowest BCUT2D eigenvalue weighted by Crippen LogP contribution is -2.33. The zero-order chi connectivity index (χ0) is 20.2. The lowest BCUT2D eigenvalue weighted by atomic mass is 10.2. The smallest absolute Gasteiger partial charge is 0.258 e. The molecule has 0 saturated carbocycles. The number of nitrogens with zero attached hydrogens (tertiary/aromatic N) is 3. The van der Waals surface area contributed by atoms with Gasteiger partial charge in [0.25, 0.3) is 5.56 Å². The first-order valence-corrected chi connectivity index (χ1v) is 10.3. The second-order valence-corrected chi connectivity index (χ2v) is 7.48. The first kappa shape index (κ1) is 19.0. The highest BCUT2D eigenvalue weighted by molar-refractivity contribution is 7.13. The number of aromatic amines is 1. The number of carbonyl (C=O) groups excluding carboxylic acids is 1. The molecule has 2 heterocycles. The highest BCUT2D eigenvalue weighted by atomic mass is 32.1. The highest BCUT2D eigenvalue weighted by Crippen LogP contribution is 2.23. The van der Waals surface area contributed by atoms with Gasteiger partial charge < -0.3 is 9.88 Å². The Morgan fingerprint density at radius 3 is 2.62 bits per heavy atom. The molecule has 6 nitrogen and oxygen atoms in total. The van der Waals surface area contributed by atoms with Gasteiger partial charge in [0, 0.05) is 17.5 Å². The zero-order valence-electron chi connectivity index (χ0n) is 16.0. The van der Waals surface area contributed by atoms with Gasteiger partial charge in [0.15, 0.2) is 0 Å². The normalized spacial score (nSPS) is 10.9. The van der Waals surface area contributed by atoms with Gasteiger partial charge >= 0.3 is 0 Å². The van der Waals surface area contributed by atoms with Crippen LogP contribution in [0, 0.1) is 0 Å². The lowest BCUT2D eigenvalue weighted by Gasteiger charge is -2.20. The lowest BCUT2D eigenvalue weighted by molar-refractivity contribution is -0.131. The van der Waals surface area contributed by atoms with Crippen LogP contribution in [0.3, 0.4) is 0 Å². The molecule has 0 saturated heterocycles. The van der Waals surface area contributed by atoms with Gasteiger partial charge in [-0.1, -0.05) is 42.5 Å². The average Bonchev–Trinajstić information content (AvgIpc) is 3.21. The highest BCUT2D eigenvalue weighted by Gasteiger charge is 2.17. The Balaban J connectivity index is 1.49. The van der Waals surface area contributed by atoms with Gasteiger partial charge in [0.1, 0.15) is 10.8 Å². The maximum Gasteiger partial charge on any atom is 0.258 e. The summed E-state index contributed by atoms with van der Waals surface area (Å²) >= 11 is 1.53. The molecule has 0 atom stereocenters. The van der Waals surface area contributed by atoms with Crippen molar-refractivity contribution in [2.45, 2.75) is 19.9 Å². The Kier molecular flexibility index (Phi) is 5.48. The van der Waals surface area contributed by atoms with Gasteiger partial charge in [0.2, 0.25) is 5.91 Å². The number of carbonyl (C=O) groups is 1. The minimum atomic E-state index is -0.193. The van der Waals surface area contributed by atoms with Gasteiger partial charge in [-0.2, -0.15) is 0 Å². The fourth-order valence-electron chi connectivity index (χ4n) is 3.14. The van der Waals surface area contributed by atoms with E-state index in [1.807, 2.05) is 48.7 Å². The van der Waals surface area contributed by atoms with Crippen molar-refractivity contribution in [1.29, 1.82) is 0 Å². The van der Waals surface area contributed by atoms with Crippen LogP contribution in [0.4, 0.5) is 0 Å². The molecule has 146 valence electrons. The van der Waals surface area contributed by atoms with E-state index in [-0.39, 0.29) is 24.4 Å². The van der Waals surface area contributed by atoms with E-state index in [0.717, 1.165) is 16.3 Å². The Morgan fingerprint density at radius 2 is 1.83 bits per heavy atom. The molecule has 0 spiro atoms. The molecule has 0 aliphatic heterocycles. The first-order chi connectivity index (χ1) is 14.1. The molecule has 0 radical (unpaired) electrons. The van der Waals surface area contributed by atoms with Crippen molar-refractivity contribution in [2.24, 2.45) is 0 Å². The summed E-state index contributed by atoms with van der Waals surface area (Å²) in [5, 5.41) is 3.36. The van der Waals surface area contributed by atoms with E-state index < -0.39 is 0 Å². The van der Waals surface area contributed by atoms with Crippen molar-refractivity contribution in [1.82, 2.24) is 19.9 Å². The minimum Gasteiger partial charge on any atom is -0.335 e. The maximum atomic E-state index is 12.8. The predicted molar refractivity (Wildman–Crippen MR) is 115 cm³/mol. The van der Waals surface area contributed by atoms with Crippen LogP contribution >= 0.6 is 11.3 Å². The Morgan fingerprint density at radius 1 is 1.07 bits per heavy atom. The molecule has 0 aliphatic rings. The number of thiazole rings is 1. The average molecular weight is 404 g/mol. The van der Waals surface area contributed by atoms with Crippen molar-refractivity contribution in [3.8, 4) is 10.6 Å². The van der Waals surface area contributed by atoms with Gasteiger partial charge in [-0.3, -0.25) is 9.59 Å². The molecule has 4 rings (SSSR count). The third-order valence-corrected chi connectivity index (χ3v) is 5.58. The van der Waals surface area contributed by atoms with Crippen LogP contribution in [-0.2, 0) is 17.8 Å². The molecule has 4 aromatic rings. The van der Waals surface area contributed by atoms with Gasteiger partial charge in [-0.05, 0) is 19.1 Å². The number of fused-ring (bicyclic) bond motifs is 1. The number of nitrogens with one attached hydrogen (secondary N) is 1. The summed E-state index contributed by atoms with van der Waals surface area (Å²) in [7, 11) is 0. The largest absolute Gasteiger partial charge is 0.335 e. The van der Waals surface area contributed by atoms with Crippen molar-refractivity contribution in [2.75, 3.05) is 6.54 Å². The Bertz CT molecular complexity index is 1200. The number of hydrogen-bond donors (Lipinski definition) is 1. The summed E-state index contributed by atoms with van der Waals surface area (Å²) in [6.45, 7) is 2.68. The number of para-hydroxylation sites is 1. The van der Waals surface area contributed by atoms with E-state index in [9.17, 15) is 9.59 Å². The maximum absolute atomic E-state index is 12.8. The summed E-state index contributed by atoms with van der Waals surface area (Å²) < 4.78 is 0. The van der Waals surface area contributed by atoms with E-state index >= 15 is 0 Å². The standard InChI is InChI=1S/C22H20N4O2S/c1-2-26(13-19-24-18-11-7-6-10-17(18)21(28)25-19)20(27)12-16-14-29-22(23-16)15-8-4-3-5-9-15/h3-11,14H,2,12-13H2,1H3,(H,24,25,28). The Hall–Kier alpha value is -3.32. The predicted octanol–water partition coefficient (Wildman–Crippen LogP) is 3.64. The second kappa shape index (κ2) is 8.36. The minimum absolute atomic E-state index is 0.0479. The van der Waals surface area contributed by atoms with Gasteiger partial charge in [-0.15, -0.1) is 11.3 Å². The Labute approximate surface area is 171 Å². The van der Waals surface area contributed by atoms with Crippen molar-refractivity contribution in [3.63, 3.8) is 0 Å². The number of H-pyrrole nitrogens is 1. The van der Waals surface area contributed by atoms with Gasteiger partial charge in [0.05, 0.1) is 29.6 Å². The quantitative estimate of drug-likeness (QED) is 0.532. The number of aromatic nitrogens is 3. The third kappa shape index (κ3) is 4.25. The molecule has 7 heteroatoms. The molecule has 0 aliphatic carbocycles. The second-order valence-electron chi connectivity index (χ2n) is 6.62. The molecular formula is C22H20N4O2S. The first-order valence-electron chi connectivity index (χ1n) is 9.39. The monoisotopic (exact) mass is 404 g/mol. The number of amides is 1. The number of rotatable bonds is 6. The number of hydrogen-bond acceptors (Lipinski definition) is 5. The van der Waals surface area contributed by atoms with Crippen LogP contribution in [0.5, 0.6) is 0 Å². The molecule has 29 heavy (non-hydrogen) atoms. The molecule has 0 fully saturated rings. The molecular weight excluding hydrogens is 384 g/mol. The zero-order valence-corrected chi connectivity index (χ0v) is 16.8. The molecule has 1 N–H and O–H groups in total. The van der Waals surface area contributed by atoms with Crippen LogP contribution in [0.2, 0.25) is 0 Å². The van der Waals surface area contributed by atoms with E-state index in [1.54, 1.807) is 23.1 Å². The van der Waals surface area contributed by atoms with Gasteiger partial charge in [-0.25, -0.2) is 9.97 Å². The summed E-state index contributed by atoms with van der Waals surface area (Å²) in [6, 6.07) is 17.1. The summed E-state index contributed by atoms with van der Waals surface area (Å²) in [4.78, 5) is 38.6. The van der Waals surface area contributed by atoms with Crippen molar-refractivity contribution in [3.05, 3.63) is 81.8 Å². The topological polar surface area (TPSA) is 79.0 Å². The van der Waals surface area contributed by atoms with Crippen LogP contribution in [0.25, 0.3) is 21.5 Å².